The Labute approximate surface area is 113 Å². The van der Waals surface area contributed by atoms with Crippen molar-refractivity contribution in [2.75, 3.05) is 26.2 Å². The molecule has 3 unspecified atom stereocenters. The second kappa shape index (κ2) is 7.46. The number of piperidine rings is 1. The van der Waals surface area contributed by atoms with Crippen LogP contribution < -0.4 is 5.32 Å². The number of nitrogens with zero attached hydrogens (tertiary/aromatic N) is 1. The molecule has 2 N–H and O–H groups in total. The van der Waals surface area contributed by atoms with Gasteiger partial charge in [-0.2, -0.15) is 0 Å². The van der Waals surface area contributed by atoms with Crippen LogP contribution in [0.4, 0.5) is 0 Å². The number of rotatable bonds is 7. The molecule has 108 valence electrons. The maximum Gasteiger partial charge on any atom is 0.0611 e. The molecule has 0 spiro atoms. The van der Waals surface area contributed by atoms with E-state index in [1.54, 1.807) is 0 Å². The lowest BCUT2D eigenvalue weighted by molar-refractivity contribution is 0.0980. The third-order valence-corrected chi connectivity index (χ3v) is 4.38. The Morgan fingerprint density at radius 1 is 1.39 bits per heavy atom. The Hall–Kier alpha value is -0.120. The van der Waals surface area contributed by atoms with Gasteiger partial charge in [0.15, 0.2) is 0 Å². The van der Waals surface area contributed by atoms with Crippen molar-refractivity contribution in [3.05, 3.63) is 0 Å². The standard InChI is InChI=1S/C15H32N2O/c1-5-8-16-15(4,12-18)7-10-17-9-6-13(2)11-14(17)3/h13-14,16,18H,5-12H2,1-4H3. The summed E-state index contributed by atoms with van der Waals surface area (Å²) < 4.78 is 0. The molecule has 0 aromatic carbocycles. The zero-order chi connectivity index (χ0) is 13.6. The van der Waals surface area contributed by atoms with Crippen molar-refractivity contribution in [1.29, 1.82) is 0 Å². The number of hydrogen-bond acceptors (Lipinski definition) is 3. The molecule has 0 aromatic heterocycles. The minimum atomic E-state index is -0.112. The van der Waals surface area contributed by atoms with E-state index < -0.39 is 0 Å². The van der Waals surface area contributed by atoms with Gasteiger partial charge in [0, 0.05) is 18.1 Å². The van der Waals surface area contributed by atoms with Crippen LogP contribution in [0.2, 0.25) is 0 Å². The topological polar surface area (TPSA) is 35.5 Å². The van der Waals surface area contributed by atoms with Crippen molar-refractivity contribution in [3.8, 4) is 0 Å². The summed E-state index contributed by atoms with van der Waals surface area (Å²) in [5.74, 6) is 0.874. The van der Waals surface area contributed by atoms with Crippen LogP contribution in [0, 0.1) is 5.92 Å². The zero-order valence-corrected chi connectivity index (χ0v) is 12.7. The first-order valence-electron chi connectivity index (χ1n) is 7.60. The molecule has 0 aliphatic carbocycles. The fourth-order valence-electron chi connectivity index (χ4n) is 2.83. The smallest absolute Gasteiger partial charge is 0.0611 e. The monoisotopic (exact) mass is 256 g/mol. The highest BCUT2D eigenvalue weighted by molar-refractivity contribution is 4.85. The van der Waals surface area contributed by atoms with Gasteiger partial charge >= 0.3 is 0 Å². The third-order valence-electron chi connectivity index (χ3n) is 4.38. The summed E-state index contributed by atoms with van der Waals surface area (Å²) in [6, 6.07) is 0.697. The molecule has 1 aliphatic rings. The molecule has 1 heterocycles. The van der Waals surface area contributed by atoms with E-state index in [9.17, 15) is 5.11 Å². The van der Waals surface area contributed by atoms with Crippen LogP contribution in [0.15, 0.2) is 0 Å². The van der Waals surface area contributed by atoms with Crippen molar-refractivity contribution in [2.45, 2.75) is 65.0 Å². The lowest BCUT2D eigenvalue weighted by atomic mass is 9.91. The molecule has 0 radical (unpaired) electrons. The Morgan fingerprint density at radius 2 is 2.11 bits per heavy atom. The molecule has 1 saturated heterocycles. The van der Waals surface area contributed by atoms with E-state index in [0.717, 1.165) is 31.8 Å². The SMILES string of the molecule is CCCNC(C)(CO)CCN1CCC(C)CC1C. The highest BCUT2D eigenvalue weighted by Gasteiger charge is 2.27. The molecule has 3 nitrogen and oxygen atoms in total. The van der Waals surface area contributed by atoms with Crippen molar-refractivity contribution >= 4 is 0 Å². The highest BCUT2D eigenvalue weighted by Crippen LogP contribution is 2.23. The van der Waals surface area contributed by atoms with E-state index >= 15 is 0 Å². The molecular formula is C15H32N2O. The molecule has 1 aliphatic heterocycles. The Kier molecular flexibility index (Phi) is 6.61. The summed E-state index contributed by atoms with van der Waals surface area (Å²) in [7, 11) is 0. The number of hydrogen-bond donors (Lipinski definition) is 2. The molecule has 1 rings (SSSR count). The first-order valence-corrected chi connectivity index (χ1v) is 7.60. The highest BCUT2D eigenvalue weighted by atomic mass is 16.3. The first-order chi connectivity index (χ1) is 8.50. The first kappa shape index (κ1) is 15.9. The maximum absolute atomic E-state index is 9.57. The Morgan fingerprint density at radius 3 is 2.67 bits per heavy atom. The van der Waals surface area contributed by atoms with Crippen molar-refractivity contribution in [2.24, 2.45) is 5.92 Å². The minimum Gasteiger partial charge on any atom is -0.394 e. The second-order valence-corrected chi connectivity index (χ2v) is 6.41. The molecular weight excluding hydrogens is 224 g/mol. The van der Waals surface area contributed by atoms with Gasteiger partial charge in [-0.1, -0.05) is 13.8 Å². The largest absolute Gasteiger partial charge is 0.394 e. The van der Waals surface area contributed by atoms with Crippen molar-refractivity contribution < 1.29 is 5.11 Å². The Bertz CT molecular complexity index is 235. The summed E-state index contributed by atoms with van der Waals surface area (Å²) in [5.41, 5.74) is -0.112. The van der Waals surface area contributed by atoms with Gasteiger partial charge in [-0.05, 0) is 58.5 Å². The summed E-state index contributed by atoms with van der Waals surface area (Å²) >= 11 is 0. The van der Waals surface area contributed by atoms with Crippen LogP contribution in [0.3, 0.4) is 0 Å². The second-order valence-electron chi connectivity index (χ2n) is 6.41. The van der Waals surface area contributed by atoms with Crippen LogP contribution in [-0.4, -0.2) is 47.8 Å². The van der Waals surface area contributed by atoms with Gasteiger partial charge in [-0.15, -0.1) is 0 Å². The number of nitrogens with one attached hydrogen (secondary N) is 1. The molecule has 3 heteroatoms. The lowest BCUT2D eigenvalue weighted by Gasteiger charge is -2.39. The predicted molar refractivity (Wildman–Crippen MR) is 77.8 cm³/mol. The normalized spacial score (nSPS) is 29.2. The van der Waals surface area contributed by atoms with Gasteiger partial charge in [0.1, 0.15) is 0 Å². The van der Waals surface area contributed by atoms with Gasteiger partial charge in [0.05, 0.1) is 6.61 Å². The van der Waals surface area contributed by atoms with Crippen LogP contribution >= 0.6 is 0 Å². The Balaban J connectivity index is 2.37. The van der Waals surface area contributed by atoms with Crippen LogP contribution in [-0.2, 0) is 0 Å². The van der Waals surface area contributed by atoms with Gasteiger partial charge in [0.2, 0.25) is 0 Å². The molecule has 1 fully saturated rings. The molecule has 3 atom stereocenters. The van der Waals surface area contributed by atoms with Gasteiger partial charge in [0.25, 0.3) is 0 Å². The summed E-state index contributed by atoms with van der Waals surface area (Å²) in [6.07, 6.45) is 4.79. The summed E-state index contributed by atoms with van der Waals surface area (Å²) in [5, 5.41) is 13.1. The van der Waals surface area contributed by atoms with Crippen LogP contribution in [0.5, 0.6) is 0 Å². The predicted octanol–water partition coefficient (Wildman–Crippen LogP) is 2.25. The average molecular weight is 256 g/mol. The zero-order valence-electron chi connectivity index (χ0n) is 12.7. The maximum atomic E-state index is 9.57. The molecule has 0 bridgehead atoms. The van der Waals surface area contributed by atoms with Crippen LogP contribution in [0.25, 0.3) is 0 Å². The summed E-state index contributed by atoms with van der Waals surface area (Å²) in [6.45, 7) is 12.5. The lowest BCUT2D eigenvalue weighted by Crippen LogP contribution is -2.50. The van der Waals surface area contributed by atoms with Gasteiger partial charge in [-0.3, -0.25) is 0 Å². The summed E-state index contributed by atoms with van der Waals surface area (Å²) in [4.78, 5) is 2.58. The quantitative estimate of drug-likeness (QED) is 0.733. The van der Waals surface area contributed by atoms with E-state index in [-0.39, 0.29) is 12.1 Å². The van der Waals surface area contributed by atoms with Crippen LogP contribution in [0.1, 0.15) is 53.4 Å². The van der Waals surface area contributed by atoms with E-state index in [0.29, 0.717) is 6.04 Å². The fraction of sp³-hybridized carbons (Fsp3) is 1.00. The minimum absolute atomic E-state index is 0.112. The molecule has 18 heavy (non-hydrogen) atoms. The van der Waals surface area contributed by atoms with E-state index in [4.69, 9.17) is 0 Å². The van der Waals surface area contributed by atoms with E-state index in [2.05, 4.69) is 37.9 Å². The number of aliphatic hydroxyl groups excluding tert-OH is 1. The van der Waals surface area contributed by atoms with Gasteiger partial charge < -0.3 is 15.3 Å². The molecule has 0 amide bonds. The van der Waals surface area contributed by atoms with Gasteiger partial charge in [-0.25, -0.2) is 0 Å². The molecule has 0 saturated carbocycles. The third kappa shape index (κ3) is 4.87. The number of likely N-dealkylation sites (tertiary alicyclic amines) is 1. The number of aliphatic hydroxyl groups is 1. The van der Waals surface area contributed by atoms with E-state index in [1.807, 2.05) is 0 Å². The average Bonchev–Trinajstić information content (AvgIpc) is 2.35. The molecule has 0 aromatic rings. The van der Waals surface area contributed by atoms with Crippen molar-refractivity contribution in [1.82, 2.24) is 10.2 Å². The van der Waals surface area contributed by atoms with E-state index in [1.165, 1.54) is 19.4 Å². The fourth-order valence-corrected chi connectivity index (χ4v) is 2.83. The van der Waals surface area contributed by atoms with Crippen molar-refractivity contribution in [3.63, 3.8) is 0 Å².